The molecule has 0 fully saturated rings. The van der Waals surface area contributed by atoms with Crippen molar-refractivity contribution in [1.82, 2.24) is 14.9 Å². The summed E-state index contributed by atoms with van der Waals surface area (Å²) in [5, 5.41) is 26.9. The number of aryl methyl sites for hydroxylation is 2. The number of pyridine rings is 1. The van der Waals surface area contributed by atoms with E-state index in [1.54, 1.807) is 78.1 Å². The van der Waals surface area contributed by atoms with Gasteiger partial charge in [-0.25, -0.2) is 21.1 Å². The molecule has 4 aromatic carbocycles. The van der Waals surface area contributed by atoms with E-state index in [0.29, 0.717) is 40.7 Å². The highest BCUT2D eigenvalue weighted by Crippen LogP contribution is 2.38. The summed E-state index contributed by atoms with van der Waals surface area (Å²) < 4.78 is 112. The van der Waals surface area contributed by atoms with E-state index in [0.717, 1.165) is 22.0 Å². The Kier molecular flexibility index (Phi) is 18.7. The van der Waals surface area contributed by atoms with Crippen LogP contribution in [0.3, 0.4) is 0 Å². The van der Waals surface area contributed by atoms with Crippen LogP contribution in [0.4, 0.5) is 18.9 Å². The second-order valence-corrected chi connectivity index (χ2v) is 19.4. The Hall–Kier alpha value is -7.53. The van der Waals surface area contributed by atoms with Crippen molar-refractivity contribution < 1.29 is 68.1 Å². The molecule has 1 heterocycles. The van der Waals surface area contributed by atoms with E-state index in [1.807, 2.05) is 0 Å². The van der Waals surface area contributed by atoms with Gasteiger partial charge >= 0.3 is 6.18 Å². The van der Waals surface area contributed by atoms with Crippen molar-refractivity contribution >= 4 is 71.3 Å². The van der Waals surface area contributed by atoms with Crippen LogP contribution < -0.4 is 25.3 Å². The second kappa shape index (κ2) is 24.3. The van der Waals surface area contributed by atoms with Crippen LogP contribution in [-0.4, -0.2) is 86.4 Å². The number of benzene rings is 4. The van der Waals surface area contributed by atoms with Crippen molar-refractivity contribution in [2.24, 2.45) is 0 Å². The van der Waals surface area contributed by atoms with Crippen LogP contribution in [0.2, 0.25) is 0 Å². The van der Waals surface area contributed by atoms with Crippen LogP contribution in [0.5, 0.6) is 5.75 Å². The Balaban J connectivity index is 1.14. The maximum Gasteiger partial charge on any atom is 0.419 e. The number of hydrogen-bond donors (Lipinski definition) is 4. The number of aliphatic hydroxyl groups excluding tert-OH is 1. The number of allylic oxidation sites excluding steroid dienone is 1. The van der Waals surface area contributed by atoms with E-state index >= 15 is 0 Å². The number of aromatic nitrogens is 1. The molecule has 4 N–H and O–H groups in total. The van der Waals surface area contributed by atoms with E-state index in [9.17, 15) is 58.8 Å². The first kappa shape index (κ1) is 54.4. The summed E-state index contributed by atoms with van der Waals surface area (Å²) in [6.45, 7) is 1.38. The summed E-state index contributed by atoms with van der Waals surface area (Å²) in [6, 6.07) is 23.4. The number of para-hydroxylation sites is 2. The van der Waals surface area contributed by atoms with Gasteiger partial charge in [0.05, 0.1) is 43.5 Å². The van der Waals surface area contributed by atoms with Crippen molar-refractivity contribution in [2.45, 2.75) is 69.5 Å². The monoisotopic (exact) mass is 1020 g/mol. The number of carbonyl (C=O) groups is 4. The van der Waals surface area contributed by atoms with Gasteiger partial charge in [0.2, 0.25) is 22.8 Å². The molecule has 374 valence electrons. The smallest absolute Gasteiger partial charge is 0.419 e. The highest BCUT2D eigenvalue weighted by atomic mass is 32.2. The van der Waals surface area contributed by atoms with E-state index < -0.39 is 72.4 Å². The zero-order valence-electron chi connectivity index (χ0n) is 38.3. The number of carbonyl (C=O) groups excluding carboxylic acids is 4. The van der Waals surface area contributed by atoms with E-state index in [4.69, 9.17) is 16.4 Å². The molecule has 5 rings (SSSR count). The maximum absolute atomic E-state index is 14.8. The number of anilines is 1. The fraction of sp³-hybridized carbons (Fsp3) is 0.306. The molecular weight excluding hydrogens is 970 g/mol. The normalized spacial score (nSPS) is 12.0. The summed E-state index contributed by atoms with van der Waals surface area (Å²) in [7, 11) is -9.01. The molecule has 1 aromatic heterocycles. The molecule has 0 spiro atoms. The third kappa shape index (κ3) is 14.7. The van der Waals surface area contributed by atoms with Crippen LogP contribution >= 0.6 is 0 Å². The van der Waals surface area contributed by atoms with Gasteiger partial charge in [0.1, 0.15) is 11.8 Å². The third-order valence-corrected chi connectivity index (χ3v) is 13.4. The van der Waals surface area contributed by atoms with Gasteiger partial charge in [-0.2, -0.15) is 23.0 Å². The minimum absolute atomic E-state index is 0.0138. The largest absolute Gasteiger partial charge is 0.748 e. The van der Waals surface area contributed by atoms with Crippen LogP contribution in [0.25, 0.3) is 21.8 Å². The molecule has 0 bridgehead atoms. The van der Waals surface area contributed by atoms with Crippen molar-refractivity contribution in [3.63, 3.8) is 0 Å². The highest BCUT2D eigenvalue weighted by Gasteiger charge is 2.36. The van der Waals surface area contributed by atoms with Gasteiger partial charge in [0, 0.05) is 68.5 Å². The van der Waals surface area contributed by atoms with Gasteiger partial charge < -0.3 is 30.3 Å². The van der Waals surface area contributed by atoms with Crippen LogP contribution in [0.15, 0.2) is 107 Å². The molecule has 0 saturated heterocycles. The number of amides is 4. The molecule has 0 saturated carbocycles. The molecule has 0 aliphatic rings. The number of terminal acetylenes is 1. The standard InChI is InChI=1S/C49H49F3N6O11S2/c1-3-42(59)38(32-53)47(62)56-34-21-24-39(49(50,51)52)43(31-34)69-29-10-4-5-17-44(60)54-25-26-55-45(61)18-11-28-58(71(67,68)35-22-19-33(2)20-23-35)48(63)46-36-13-6-8-15-40(36)57(27-12-30-70(64,65)66)41-16-9-7-14-37(41)46/h1,6-9,13-16,19-24,31H,4-5,10-12,17-18,25-30H2,2H3,(H4-,54,55,56,59,60,61,62,64,65,66). The fourth-order valence-electron chi connectivity index (χ4n) is 7.42. The third-order valence-electron chi connectivity index (χ3n) is 10.9. The zero-order chi connectivity index (χ0) is 51.9. The SMILES string of the molecule is C#C/C(O)=C(\C#N)C(=O)Nc1ccc(C(F)(F)F)c(OCCCCCC(=O)NCCNC(=O)CCCN(C(=O)c2c3ccccc3[n+](CCCS(=O)(=O)[O-])c3ccccc23)S(=O)(=O)c2ccc(C)cc2)c1. The van der Waals surface area contributed by atoms with Gasteiger partial charge in [0.25, 0.3) is 21.8 Å². The number of sulfonamides is 1. The molecule has 4 amide bonds. The number of hydrogen-bond acceptors (Lipinski definition) is 12. The molecule has 71 heavy (non-hydrogen) atoms. The molecule has 0 aliphatic carbocycles. The summed E-state index contributed by atoms with van der Waals surface area (Å²) in [4.78, 5) is 52.4. The molecule has 5 aromatic rings. The van der Waals surface area contributed by atoms with Crippen molar-refractivity contribution in [3.8, 4) is 24.2 Å². The zero-order valence-corrected chi connectivity index (χ0v) is 39.9. The first-order valence-corrected chi connectivity index (χ1v) is 25.1. The lowest BCUT2D eigenvalue weighted by Gasteiger charge is -2.24. The number of alkyl halides is 3. The van der Waals surface area contributed by atoms with Crippen molar-refractivity contribution in [1.29, 1.82) is 5.26 Å². The number of nitrogens with zero attached hydrogens (tertiary/aromatic N) is 3. The maximum atomic E-state index is 14.8. The van der Waals surface area contributed by atoms with Crippen molar-refractivity contribution in [3.05, 3.63) is 119 Å². The predicted molar refractivity (Wildman–Crippen MR) is 254 cm³/mol. The first-order valence-electron chi connectivity index (χ1n) is 22.1. The van der Waals surface area contributed by atoms with Crippen LogP contribution in [0.1, 0.15) is 66.4 Å². The predicted octanol–water partition coefficient (Wildman–Crippen LogP) is 5.93. The molecular formula is C49H49F3N6O11S2. The Morgan fingerprint density at radius 3 is 1.99 bits per heavy atom. The number of fused-ring (bicyclic) bond motifs is 2. The van der Waals surface area contributed by atoms with Gasteiger partial charge in [0.15, 0.2) is 17.9 Å². The van der Waals surface area contributed by atoms with E-state index in [1.165, 1.54) is 18.2 Å². The van der Waals surface area contributed by atoms with Gasteiger partial charge in [-0.15, -0.1) is 6.42 Å². The number of aliphatic hydroxyl groups is 1. The lowest BCUT2D eigenvalue weighted by molar-refractivity contribution is -0.645. The lowest BCUT2D eigenvalue weighted by atomic mass is 10.0. The fourth-order valence-corrected chi connectivity index (χ4v) is 9.32. The number of nitriles is 1. The quantitative estimate of drug-likeness (QED) is 0.00868. The van der Waals surface area contributed by atoms with Gasteiger partial charge in [-0.05, 0) is 74.9 Å². The number of unbranched alkanes of at least 4 members (excludes halogenated alkanes) is 2. The highest BCUT2D eigenvalue weighted by molar-refractivity contribution is 7.89. The first-order chi connectivity index (χ1) is 33.7. The molecule has 0 atom stereocenters. The number of halogens is 3. The van der Waals surface area contributed by atoms with Crippen molar-refractivity contribution in [2.75, 3.05) is 37.3 Å². The van der Waals surface area contributed by atoms with E-state index in [-0.39, 0.29) is 86.9 Å². The topological polar surface area (TPSA) is 256 Å². The summed E-state index contributed by atoms with van der Waals surface area (Å²) in [5.41, 5.74) is -0.266. The second-order valence-electron chi connectivity index (χ2n) is 16.0. The van der Waals surface area contributed by atoms with Gasteiger partial charge in [-0.3, -0.25) is 19.2 Å². The Bertz CT molecular complexity index is 3090. The lowest BCUT2D eigenvalue weighted by Crippen LogP contribution is -2.41. The molecule has 0 unspecified atom stereocenters. The summed E-state index contributed by atoms with van der Waals surface area (Å²) in [6.07, 6.45) is 0.958. The number of ether oxygens (including phenoxy) is 1. The average molecular weight is 1020 g/mol. The summed E-state index contributed by atoms with van der Waals surface area (Å²) >= 11 is 0. The number of rotatable bonds is 23. The van der Waals surface area contributed by atoms with E-state index in [2.05, 4.69) is 16.0 Å². The summed E-state index contributed by atoms with van der Waals surface area (Å²) in [5.74, 6) is -3.28. The molecule has 17 nitrogen and oxygen atoms in total. The van der Waals surface area contributed by atoms with Crippen LogP contribution in [-0.2, 0) is 47.2 Å². The molecule has 22 heteroatoms. The molecule has 0 radical (unpaired) electrons. The minimum Gasteiger partial charge on any atom is -0.748 e. The Labute approximate surface area is 408 Å². The van der Waals surface area contributed by atoms with Gasteiger partial charge in [-0.1, -0.05) is 42.0 Å². The average Bonchev–Trinajstić information content (AvgIpc) is 3.32. The Morgan fingerprint density at radius 2 is 1.42 bits per heavy atom. The van der Waals surface area contributed by atoms with Crippen LogP contribution in [0, 0.1) is 30.6 Å². The Morgan fingerprint density at radius 1 is 0.831 bits per heavy atom. The number of nitrogens with one attached hydrogen (secondary N) is 3. The minimum atomic E-state index is -4.80. The molecule has 0 aliphatic heterocycles.